The first-order valence-corrected chi connectivity index (χ1v) is 4.49. The van der Waals surface area contributed by atoms with Gasteiger partial charge in [0.05, 0.1) is 12.6 Å². The normalized spacial score (nSPS) is 38.9. The molecule has 1 amide bonds. The van der Waals surface area contributed by atoms with E-state index in [2.05, 4.69) is 0 Å². The molecule has 0 aliphatic carbocycles. The van der Waals surface area contributed by atoms with Gasteiger partial charge in [0.25, 0.3) is 0 Å². The van der Waals surface area contributed by atoms with Crippen molar-refractivity contribution in [3.05, 3.63) is 0 Å². The molecule has 2 aliphatic heterocycles. The molecule has 0 aromatic carbocycles. The molecule has 3 heteroatoms. The fourth-order valence-corrected chi connectivity index (χ4v) is 2.25. The highest BCUT2D eigenvalue weighted by atomic mass is 16.5. The summed E-state index contributed by atoms with van der Waals surface area (Å²) in [4.78, 5) is 13.5. The van der Waals surface area contributed by atoms with Crippen molar-refractivity contribution in [1.82, 2.24) is 4.90 Å². The van der Waals surface area contributed by atoms with Crippen LogP contribution in [0.2, 0.25) is 0 Å². The highest BCUT2D eigenvalue weighted by Crippen LogP contribution is 2.37. The molecule has 2 heterocycles. The molecular formula is C9H15NO2. The molecule has 0 saturated carbocycles. The average molecular weight is 169 g/mol. The van der Waals surface area contributed by atoms with Gasteiger partial charge in [-0.05, 0) is 20.3 Å². The van der Waals surface area contributed by atoms with Crippen molar-refractivity contribution in [2.75, 3.05) is 6.61 Å². The van der Waals surface area contributed by atoms with Crippen LogP contribution in [0.5, 0.6) is 0 Å². The van der Waals surface area contributed by atoms with Crippen molar-refractivity contribution >= 4 is 5.91 Å². The fourth-order valence-electron chi connectivity index (χ4n) is 2.25. The zero-order valence-electron chi connectivity index (χ0n) is 7.83. The maximum absolute atomic E-state index is 11.6. The van der Waals surface area contributed by atoms with Gasteiger partial charge in [-0.25, -0.2) is 0 Å². The summed E-state index contributed by atoms with van der Waals surface area (Å²) in [6.07, 6.45) is 0.961. The molecule has 2 aliphatic rings. The smallest absolute Gasteiger partial charge is 0.228 e. The third-order valence-corrected chi connectivity index (χ3v) is 2.86. The van der Waals surface area contributed by atoms with Crippen molar-refractivity contribution in [3.8, 4) is 0 Å². The lowest BCUT2D eigenvalue weighted by atomic mass is 10.1. The van der Waals surface area contributed by atoms with Crippen molar-refractivity contribution in [2.45, 2.75) is 39.0 Å². The molecule has 0 bridgehead atoms. The molecular weight excluding hydrogens is 154 g/mol. The summed E-state index contributed by atoms with van der Waals surface area (Å²) in [5.41, 5.74) is -0.369. The van der Waals surface area contributed by atoms with E-state index in [0.717, 1.165) is 6.42 Å². The number of nitrogens with zero attached hydrogens (tertiary/aromatic N) is 1. The number of carbonyl (C=O) groups excluding carboxylic acids is 1. The quantitative estimate of drug-likeness (QED) is 0.541. The van der Waals surface area contributed by atoms with Crippen molar-refractivity contribution < 1.29 is 9.53 Å². The Morgan fingerprint density at radius 3 is 2.83 bits per heavy atom. The summed E-state index contributed by atoms with van der Waals surface area (Å²) in [6.45, 7) is 6.63. The van der Waals surface area contributed by atoms with Gasteiger partial charge in [0, 0.05) is 5.92 Å². The Hall–Kier alpha value is -0.570. The minimum atomic E-state index is -0.369. The Morgan fingerprint density at radius 2 is 2.25 bits per heavy atom. The monoisotopic (exact) mass is 169 g/mol. The molecule has 2 fully saturated rings. The first-order chi connectivity index (χ1) is 5.52. The second-order valence-corrected chi connectivity index (χ2v) is 4.26. The first-order valence-electron chi connectivity index (χ1n) is 4.49. The lowest BCUT2D eigenvalue weighted by Gasteiger charge is -2.29. The van der Waals surface area contributed by atoms with E-state index in [0.29, 0.717) is 12.6 Å². The molecule has 2 saturated heterocycles. The van der Waals surface area contributed by atoms with Gasteiger partial charge in [-0.15, -0.1) is 0 Å². The summed E-state index contributed by atoms with van der Waals surface area (Å²) in [7, 11) is 0. The van der Waals surface area contributed by atoms with Crippen molar-refractivity contribution in [3.63, 3.8) is 0 Å². The van der Waals surface area contributed by atoms with Crippen LogP contribution < -0.4 is 0 Å². The molecule has 3 nitrogen and oxygen atoms in total. The van der Waals surface area contributed by atoms with Crippen LogP contribution in [0.3, 0.4) is 0 Å². The van der Waals surface area contributed by atoms with Crippen LogP contribution in [0.1, 0.15) is 27.2 Å². The molecule has 2 atom stereocenters. The Bertz CT molecular complexity index is 225. The number of hydrogen-bond donors (Lipinski definition) is 0. The van der Waals surface area contributed by atoms with E-state index in [1.54, 1.807) is 0 Å². The molecule has 2 rings (SSSR count). The second-order valence-electron chi connectivity index (χ2n) is 4.26. The van der Waals surface area contributed by atoms with Crippen molar-refractivity contribution in [2.24, 2.45) is 5.92 Å². The molecule has 0 radical (unpaired) electrons. The van der Waals surface area contributed by atoms with Crippen LogP contribution in [0.4, 0.5) is 0 Å². The zero-order chi connectivity index (χ0) is 8.93. The maximum atomic E-state index is 11.6. The third kappa shape index (κ3) is 0.891. The largest absolute Gasteiger partial charge is 0.354 e. The highest BCUT2D eigenvalue weighted by molar-refractivity contribution is 5.82. The van der Waals surface area contributed by atoms with Crippen molar-refractivity contribution in [1.29, 1.82) is 0 Å². The van der Waals surface area contributed by atoms with E-state index in [9.17, 15) is 4.79 Å². The lowest BCUT2D eigenvalue weighted by Crippen LogP contribution is -2.44. The Labute approximate surface area is 72.7 Å². The van der Waals surface area contributed by atoms with Crippen LogP contribution in [0.15, 0.2) is 0 Å². The van der Waals surface area contributed by atoms with Gasteiger partial charge in [-0.2, -0.15) is 0 Å². The molecule has 0 spiro atoms. The minimum Gasteiger partial charge on any atom is -0.354 e. The highest BCUT2D eigenvalue weighted by Gasteiger charge is 2.49. The van der Waals surface area contributed by atoms with E-state index in [1.165, 1.54) is 0 Å². The number of fused-ring (bicyclic) bond motifs is 1. The third-order valence-electron chi connectivity index (χ3n) is 2.86. The number of amides is 1. The summed E-state index contributed by atoms with van der Waals surface area (Å²) in [5, 5.41) is 0. The Kier molecular flexibility index (Phi) is 1.49. The number of carbonyl (C=O) groups is 1. The van der Waals surface area contributed by atoms with E-state index < -0.39 is 0 Å². The van der Waals surface area contributed by atoms with Crippen LogP contribution >= 0.6 is 0 Å². The number of ether oxygens (including phenoxy) is 1. The molecule has 0 aromatic heterocycles. The summed E-state index contributed by atoms with van der Waals surface area (Å²) < 4.78 is 5.53. The van der Waals surface area contributed by atoms with Crippen LogP contribution in [-0.2, 0) is 9.53 Å². The molecule has 0 aromatic rings. The van der Waals surface area contributed by atoms with Crippen LogP contribution in [0.25, 0.3) is 0 Å². The van der Waals surface area contributed by atoms with E-state index >= 15 is 0 Å². The number of rotatable bonds is 0. The topological polar surface area (TPSA) is 29.5 Å². The van der Waals surface area contributed by atoms with E-state index in [-0.39, 0.29) is 17.6 Å². The summed E-state index contributed by atoms with van der Waals surface area (Å²) >= 11 is 0. The lowest BCUT2D eigenvalue weighted by molar-refractivity contribution is -0.144. The standard InChI is InChI=1S/C9H15NO2/c1-6-4-7-5-12-9(2,3)10(7)8(6)11/h6-7H,4-5H2,1-3H3/t6?,7-/m0/s1. The average Bonchev–Trinajstić information content (AvgIpc) is 2.39. The Morgan fingerprint density at radius 1 is 1.58 bits per heavy atom. The van der Waals surface area contributed by atoms with Gasteiger partial charge in [-0.1, -0.05) is 6.92 Å². The van der Waals surface area contributed by atoms with Crippen LogP contribution in [-0.4, -0.2) is 29.2 Å². The van der Waals surface area contributed by atoms with Crippen LogP contribution in [0, 0.1) is 5.92 Å². The van der Waals surface area contributed by atoms with Gasteiger partial charge < -0.3 is 9.64 Å². The second kappa shape index (κ2) is 2.22. The number of hydrogen-bond acceptors (Lipinski definition) is 2. The maximum Gasteiger partial charge on any atom is 0.228 e. The molecule has 68 valence electrons. The Balaban J connectivity index is 2.27. The molecule has 1 unspecified atom stereocenters. The summed E-state index contributed by atoms with van der Waals surface area (Å²) in [6, 6.07) is 0.336. The van der Waals surface area contributed by atoms with E-state index in [1.807, 2.05) is 25.7 Å². The molecule has 12 heavy (non-hydrogen) atoms. The fraction of sp³-hybridized carbons (Fsp3) is 0.889. The first kappa shape index (κ1) is 8.05. The predicted molar refractivity (Wildman–Crippen MR) is 44.4 cm³/mol. The summed E-state index contributed by atoms with van der Waals surface area (Å²) in [5.74, 6) is 0.445. The van der Waals surface area contributed by atoms with Gasteiger partial charge in [-0.3, -0.25) is 4.79 Å². The predicted octanol–water partition coefficient (Wildman–Crippen LogP) is 0.990. The van der Waals surface area contributed by atoms with Gasteiger partial charge in [0.1, 0.15) is 5.72 Å². The van der Waals surface area contributed by atoms with Gasteiger partial charge in [0.2, 0.25) is 5.91 Å². The van der Waals surface area contributed by atoms with Gasteiger partial charge >= 0.3 is 0 Å². The van der Waals surface area contributed by atoms with Gasteiger partial charge in [0.15, 0.2) is 0 Å². The molecule has 0 N–H and O–H groups in total. The minimum absolute atomic E-state index is 0.193. The SMILES string of the molecule is CC1C[C@H]2COC(C)(C)N2C1=O. The zero-order valence-corrected chi connectivity index (χ0v) is 7.83. The van der Waals surface area contributed by atoms with E-state index in [4.69, 9.17) is 4.74 Å².